The van der Waals surface area contributed by atoms with Crippen molar-refractivity contribution in [1.82, 2.24) is 10.2 Å². The second-order valence-electron chi connectivity index (χ2n) is 6.74. The highest BCUT2D eigenvalue weighted by Crippen LogP contribution is 2.39. The van der Waals surface area contributed by atoms with E-state index in [1.807, 2.05) is 0 Å². The van der Waals surface area contributed by atoms with Gasteiger partial charge in [0.25, 0.3) is 0 Å². The molecule has 0 atom stereocenters. The summed E-state index contributed by atoms with van der Waals surface area (Å²) in [6, 6.07) is -0.155. The molecule has 104 valence electrons. The number of likely N-dealkylation sites (tertiary alicyclic amines) is 1. The first-order valence-electron chi connectivity index (χ1n) is 6.36. The Bertz CT molecular complexity index is 321. The fourth-order valence-electron chi connectivity index (χ4n) is 3.03. The molecule has 1 fully saturated rings. The Morgan fingerprint density at radius 3 is 2.11 bits per heavy atom. The smallest absolute Gasteiger partial charge is 0.317 e. The van der Waals surface area contributed by atoms with Gasteiger partial charge in [0, 0.05) is 19.6 Å². The molecule has 0 radical (unpaired) electrons. The van der Waals surface area contributed by atoms with Crippen LogP contribution in [-0.4, -0.2) is 41.6 Å². The Morgan fingerprint density at radius 1 is 1.17 bits per heavy atom. The molecular formula is C13H24N2O3. The lowest BCUT2D eigenvalue weighted by atomic mass is 9.71. The number of carbonyl (C=O) groups excluding carboxylic acids is 1. The van der Waals surface area contributed by atoms with Crippen LogP contribution in [0.25, 0.3) is 0 Å². The Morgan fingerprint density at radius 2 is 1.67 bits per heavy atom. The van der Waals surface area contributed by atoms with Gasteiger partial charge < -0.3 is 15.3 Å². The summed E-state index contributed by atoms with van der Waals surface area (Å²) in [6.45, 7) is 10.3. The third-order valence-corrected chi connectivity index (χ3v) is 3.10. The van der Waals surface area contributed by atoms with Gasteiger partial charge in [-0.2, -0.15) is 0 Å². The van der Waals surface area contributed by atoms with Crippen LogP contribution in [0, 0.1) is 10.8 Å². The van der Waals surface area contributed by atoms with Crippen LogP contribution in [0.1, 0.15) is 40.5 Å². The molecule has 1 saturated heterocycles. The summed E-state index contributed by atoms with van der Waals surface area (Å²) in [5.41, 5.74) is 0.206. The van der Waals surface area contributed by atoms with Crippen molar-refractivity contribution in [2.24, 2.45) is 10.8 Å². The third-order valence-electron chi connectivity index (χ3n) is 3.10. The molecule has 18 heavy (non-hydrogen) atoms. The van der Waals surface area contributed by atoms with Crippen LogP contribution in [0.5, 0.6) is 0 Å². The minimum absolute atomic E-state index is 0.0354. The van der Waals surface area contributed by atoms with E-state index in [2.05, 4.69) is 33.0 Å². The van der Waals surface area contributed by atoms with Gasteiger partial charge in [-0.05, 0) is 17.3 Å². The molecule has 1 aliphatic rings. The molecule has 0 aromatic carbocycles. The lowest BCUT2D eigenvalue weighted by Crippen LogP contribution is -2.53. The number of nitrogens with one attached hydrogen (secondary N) is 1. The van der Waals surface area contributed by atoms with Crippen LogP contribution in [0.2, 0.25) is 0 Å². The van der Waals surface area contributed by atoms with Crippen LogP contribution < -0.4 is 5.32 Å². The molecule has 0 bridgehead atoms. The van der Waals surface area contributed by atoms with Gasteiger partial charge in [-0.1, -0.05) is 27.7 Å². The van der Waals surface area contributed by atoms with Crippen LogP contribution in [0.4, 0.5) is 4.79 Å². The Labute approximate surface area is 109 Å². The predicted molar refractivity (Wildman–Crippen MR) is 69.4 cm³/mol. The van der Waals surface area contributed by atoms with E-state index in [1.54, 1.807) is 4.90 Å². The maximum atomic E-state index is 12.0. The zero-order valence-electron chi connectivity index (χ0n) is 11.7. The molecule has 1 aliphatic heterocycles. The number of hydrogen-bond donors (Lipinski definition) is 2. The molecule has 0 unspecified atom stereocenters. The lowest BCUT2D eigenvalue weighted by molar-refractivity contribution is -0.136. The zero-order chi connectivity index (χ0) is 14.0. The minimum atomic E-state index is -0.894. The number of nitrogens with zero attached hydrogens (tertiary/aromatic N) is 1. The van der Waals surface area contributed by atoms with Crippen molar-refractivity contribution in [3.8, 4) is 0 Å². The summed E-state index contributed by atoms with van der Waals surface area (Å²) in [5, 5.41) is 11.2. The lowest BCUT2D eigenvalue weighted by Gasteiger charge is -2.46. The van der Waals surface area contributed by atoms with Crippen molar-refractivity contribution in [2.75, 3.05) is 19.6 Å². The number of urea groups is 1. The van der Waals surface area contributed by atoms with Crippen molar-refractivity contribution in [3.63, 3.8) is 0 Å². The molecule has 0 aromatic heterocycles. The topological polar surface area (TPSA) is 69.6 Å². The van der Waals surface area contributed by atoms with Gasteiger partial charge in [0.05, 0.1) is 6.42 Å². The van der Waals surface area contributed by atoms with Gasteiger partial charge in [-0.3, -0.25) is 4.79 Å². The first-order chi connectivity index (χ1) is 8.11. The normalized spacial score (nSPS) is 21.4. The average Bonchev–Trinajstić information content (AvgIpc) is 2.11. The second-order valence-corrected chi connectivity index (χ2v) is 6.74. The number of carboxylic acid groups (broad SMARTS) is 1. The monoisotopic (exact) mass is 256 g/mol. The number of carboxylic acids is 1. The molecule has 5 heteroatoms. The van der Waals surface area contributed by atoms with Gasteiger partial charge >= 0.3 is 12.0 Å². The van der Waals surface area contributed by atoms with Gasteiger partial charge in [0.1, 0.15) is 0 Å². The molecule has 1 rings (SSSR count). The van der Waals surface area contributed by atoms with E-state index in [0.29, 0.717) is 0 Å². The predicted octanol–water partition coefficient (Wildman–Crippen LogP) is 1.93. The number of carbonyl (C=O) groups is 2. The fourth-order valence-corrected chi connectivity index (χ4v) is 3.03. The highest BCUT2D eigenvalue weighted by Gasteiger charge is 2.39. The molecule has 0 saturated carbocycles. The summed E-state index contributed by atoms with van der Waals surface area (Å²) in [7, 11) is 0. The van der Waals surface area contributed by atoms with Crippen LogP contribution in [0.15, 0.2) is 0 Å². The SMILES string of the molecule is CC1(C)CN(C(=O)NCCC(=O)O)CC(C)(C)C1. The number of amides is 2. The molecule has 5 nitrogen and oxygen atoms in total. The van der Waals surface area contributed by atoms with Crippen molar-refractivity contribution in [3.05, 3.63) is 0 Å². The highest BCUT2D eigenvalue weighted by molar-refractivity contribution is 5.75. The van der Waals surface area contributed by atoms with Crippen molar-refractivity contribution in [2.45, 2.75) is 40.5 Å². The molecule has 0 aromatic rings. The van der Waals surface area contributed by atoms with E-state index in [1.165, 1.54) is 0 Å². The zero-order valence-corrected chi connectivity index (χ0v) is 11.7. The highest BCUT2D eigenvalue weighted by atomic mass is 16.4. The molecule has 0 spiro atoms. The quantitative estimate of drug-likeness (QED) is 0.810. The maximum Gasteiger partial charge on any atom is 0.317 e. The maximum absolute atomic E-state index is 12.0. The van der Waals surface area contributed by atoms with E-state index in [4.69, 9.17) is 5.11 Å². The van der Waals surface area contributed by atoms with Gasteiger partial charge in [-0.25, -0.2) is 4.79 Å². The van der Waals surface area contributed by atoms with E-state index in [-0.39, 0.29) is 29.8 Å². The fraction of sp³-hybridized carbons (Fsp3) is 0.846. The van der Waals surface area contributed by atoms with Crippen molar-refractivity contribution < 1.29 is 14.7 Å². The summed E-state index contributed by atoms with van der Waals surface area (Å²) >= 11 is 0. The second kappa shape index (κ2) is 5.16. The molecule has 1 heterocycles. The van der Waals surface area contributed by atoms with Gasteiger partial charge in [0.2, 0.25) is 0 Å². The first kappa shape index (κ1) is 14.8. The molecular weight excluding hydrogens is 232 g/mol. The Balaban J connectivity index is 2.54. The summed E-state index contributed by atoms with van der Waals surface area (Å²) < 4.78 is 0. The summed E-state index contributed by atoms with van der Waals surface area (Å²) in [6.07, 6.45) is 1.05. The van der Waals surface area contributed by atoms with Crippen molar-refractivity contribution >= 4 is 12.0 Å². The standard InChI is InChI=1S/C13H24N2O3/c1-12(2)7-13(3,4)9-15(8-12)11(18)14-6-5-10(16)17/h5-9H2,1-4H3,(H,14,18)(H,16,17). The third kappa shape index (κ3) is 4.55. The van der Waals surface area contributed by atoms with Gasteiger partial charge in [-0.15, -0.1) is 0 Å². The van der Waals surface area contributed by atoms with E-state index < -0.39 is 5.97 Å². The average molecular weight is 256 g/mol. The van der Waals surface area contributed by atoms with Crippen LogP contribution in [0.3, 0.4) is 0 Å². The number of aliphatic carboxylic acids is 1. The molecule has 2 amide bonds. The number of piperidine rings is 1. The summed E-state index contributed by atoms with van der Waals surface area (Å²) in [4.78, 5) is 24.2. The molecule has 0 aliphatic carbocycles. The first-order valence-corrected chi connectivity index (χ1v) is 6.36. The summed E-state index contributed by atoms with van der Waals surface area (Å²) in [5.74, 6) is -0.894. The van der Waals surface area contributed by atoms with Crippen LogP contribution in [-0.2, 0) is 4.79 Å². The van der Waals surface area contributed by atoms with Crippen LogP contribution >= 0.6 is 0 Å². The largest absolute Gasteiger partial charge is 0.481 e. The molecule has 2 N–H and O–H groups in total. The number of hydrogen-bond acceptors (Lipinski definition) is 2. The van der Waals surface area contributed by atoms with E-state index in [0.717, 1.165) is 19.5 Å². The number of rotatable bonds is 3. The minimum Gasteiger partial charge on any atom is -0.481 e. The Kier molecular flexibility index (Phi) is 4.24. The van der Waals surface area contributed by atoms with Crippen molar-refractivity contribution in [1.29, 1.82) is 0 Å². The Hall–Kier alpha value is -1.26. The van der Waals surface area contributed by atoms with E-state index in [9.17, 15) is 9.59 Å². The van der Waals surface area contributed by atoms with E-state index >= 15 is 0 Å². The van der Waals surface area contributed by atoms with Gasteiger partial charge in [0.15, 0.2) is 0 Å².